The van der Waals surface area contributed by atoms with E-state index in [0.29, 0.717) is 6.04 Å². The van der Waals surface area contributed by atoms with Crippen molar-refractivity contribution in [2.75, 3.05) is 0 Å². The topological polar surface area (TPSA) is 7.68 Å². The van der Waals surface area contributed by atoms with E-state index in [4.69, 9.17) is 0 Å². The molecule has 0 aliphatic rings. The molecule has 104 valence electrons. The molecule has 0 aliphatic carbocycles. The molecule has 0 bridgehead atoms. The van der Waals surface area contributed by atoms with Crippen molar-refractivity contribution in [2.45, 2.75) is 98.8 Å². The van der Waals surface area contributed by atoms with Gasteiger partial charge in [0.2, 0.25) is 0 Å². The maximum absolute atomic E-state index is 2.60. The van der Waals surface area contributed by atoms with Crippen LogP contribution in [0, 0.1) is 0 Å². The van der Waals surface area contributed by atoms with Crippen LogP contribution in [0.2, 0.25) is 0 Å². The summed E-state index contributed by atoms with van der Waals surface area (Å²) in [5, 5.41) is 4.15. The second-order valence-electron chi connectivity index (χ2n) is 8.48. The summed E-state index contributed by atoms with van der Waals surface area (Å²) < 4.78 is 0. The Morgan fingerprint density at radius 3 is 1.06 bits per heavy atom. The van der Waals surface area contributed by atoms with Gasteiger partial charge in [0.05, 0.1) is 11.6 Å². The lowest BCUT2D eigenvalue weighted by Gasteiger charge is -2.53. The van der Waals surface area contributed by atoms with Crippen molar-refractivity contribution in [3.8, 4) is 0 Å². The first-order valence-corrected chi connectivity index (χ1v) is 6.86. The fraction of sp³-hybridized carbons (Fsp3) is 1.00. The summed E-state index contributed by atoms with van der Waals surface area (Å²) in [5.41, 5.74) is 0.579. The third kappa shape index (κ3) is 4.59. The number of hydrogen-bond acceptors (Lipinski definition) is 1. The first-order chi connectivity index (χ1) is 7.19. The minimum Gasteiger partial charge on any atom is -0.246 e. The van der Waals surface area contributed by atoms with E-state index in [2.05, 4.69) is 81.2 Å². The summed E-state index contributed by atoms with van der Waals surface area (Å²) in [6.07, 6.45) is 0. The van der Waals surface area contributed by atoms with Crippen molar-refractivity contribution >= 4 is 0 Å². The smallest absolute Gasteiger partial charge is 0.107 e. The van der Waals surface area contributed by atoms with Gasteiger partial charge in [0.15, 0.2) is 0 Å². The molecule has 0 radical (unpaired) electrons. The molecule has 2 nitrogen and oxygen atoms in total. The SMILES string of the molecule is CC(C)N([NH+](C(C)(C)C)C(C)(C)C)C(C)(C)C. The second-order valence-corrected chi connectivity index (χ2v) is 8.48. The highest BCUT2D eigenvalue weighted by Gasteiger charge is 2.46. The van der Waals surface area contributed by atoms with Crippen molar-refractivity contribution in [1.82, 2.24) is 5.01 Å². The number of nitrogens with zero attached hydrogens (tertiary/aromatic N) is 1. The average molecular weight is 243 g/mol. The largest absolute Gasteiger partial charge is 0.246 e. The van der Waals surface area contributed by atoms with E-state index in [9.17, 15) is 0 Å². The van der Waals surface area contributed by atoms with E-state index in [-0.39, 0.29) is 16.6 Å². The molecule has 0 aromatic heterocycles. The predicted octanol–water partition coefficient (Wildman–Crippen LogP) is 2.89. The van der Waals surface area contributed by atoms with Crippen LogP contribution in [-0.4, -0.2) is 27.7 Å². The zero-order valence-electron chi connectivity index (χ0n) is 14.0. The first-order valence-electron chi connectivity index (χ1n) is 6.86. The van der Waals surface area contributed by atoms with Crippen LogP contribution in [-0.2, 0) is 0 Å². The van der Waals surface area contributed by atoms with Gasteiger partial charge >= 0.3 is 0 Å². The highest BCUT2D eigenvalue weighted by molar-refractivity contribution is 4.76. The van der Waals surface area contributed by atoms with Crippen molar-refractivity contribution < 1.29 is 5.01 Å². The molecule has 0 unspecified atom stereocenters. The lowest BCUT2D eigenvalue weighted by Crippen LogP contribution is -3.31. The van der Waals surface area contributed by atoms with Gasteiger partial charge in [0.1, 0.15) is 11.1 Å². The van der Waals surface area contributed by atoms with Crippen LogP contribution in [0.3, 0.4) is 0 Å². The molecule has 0 heterocycles. The standard InChI is InChI=1S/C15H34N2/c1-12(2)16(13(3,4)5)17(14(6,7)8)15(9,10)11/h12H,1-11H3/p+1. The Morgan fingerprint density at radius 2 is 1.00 bits per heavy atom. The normalized spacial score (nSPS) is 15.2. The van der Waals surface area contributed by atoms with Gasteiger partial charge in [-0.15, -0.1) is 5.01 Å². The molecule has 0 aromatic rings. The Balaban J connectivity index is 5.58. The molecular formula is C15H35N2+. The van der Waals surface area contributed by atoms with Crippen molar-refractivity contribution in [2.24, 2.45) is 0 Å². The van der Waals surface area contributed by atoms with Gasteiger partial charge in [-0.3, -0.25) is 0 Å². The molecule has 0 atom stereocenters. The summed E-state index contributed by atoms with van der Waals surface area (Å²) in [7, 11) is 0. The minimum absolute atomic E-state index is 0.171. The Bertz CT molecular complexity index is 221. The lowest BCUT2D eigenvalue weighted by molar-refractivity contribution is -1.10. The highest BCUT2D eigenvalue weighted by Crippen LogP contribution is 2.16. The van der Waals surface area contributed by atoms with Crippen LogP contribution in [0.5, 0.6) is 0 Å². The van der Waals surface area contributed by atoms with Gasteiger partial charge in [-0.2, -0.15) is 0 Å². The number of hydrogen-bond donors (Lipinski definition) is 1. The fourth-order valence-electron chi connectivity index (χ4n) is 3.22. The van der Waals surface area contributed by atoms with Gasteiger partial charge < -0.3 is 0 Å². The number of rotatable bonds is 2. The summed E-state index contributed by atoms with van der Waals surface area (Å²) in [5.74, 6) is 0. The van der Waals surface area contributed by atoms with Crippen LogP contribution in [0.25, 0.3) is 0 Å². The molecule has 0 rings (SSSR count). The van der Waals surface area contributed by atoms with E-state index < -0.39 is 0 Å². The van der Waals surface area contributed by atoms with Crippen LogP contribution in [0.1, 0.15) is 76.2 Å². The molecular weight excluding hydrogens is 208 g/mol. The van der Waals surface area contributed by atoms with Gasteiger partial charge in [0.25, 0.3) is 0 Å². The monoisotopic (exact) mass is 243 g/mol. The molecule has 0 fully saturated rings. The second kappa shape index (κ2) is 4.89. The summed E-state index contributed by atoms with van der Waals surface area (Å²) in [6.45, 7) is 25.5. The maximum atomic E-state index is 2.60. The Hall–Kier alpha value is -0.0800. The molecule has 0 saturated carbocycles. The van der Waals surface area contributed by atoms with Gasteiger partial charge in [-0.1, -0.05) is 0 Å². The lowest BCUT2D eigenvalue weighted by atomic mass is 9.96. The van der Waals surface area contributed by atoms with E-state index in [1.54, 1.807) is 5.01 Å². The van der Waals surface area contributed by atoms with Crippen LogP contribution < -0.4 is 5.01 Å². The van der Waals surface area contributed by atoms with Crippen molar-refractivity contribution in [3.05, 3.63) is 0 Å². The summed E-state index contributed by atoms with van der Waals surface area (Å²) >= 11 is 0. The Morgan fingerprint density at radius 1 is 0.706 bits per heavy atom. The minimum atomic E-state index is 0.171. The summed E-state index contributed by atoms with van der Waals surface area (Å²) in [4.78, 5) is 0. The molecule has 1 N–H and O–H groups in total. The maximum Gasteiger partial charge on any atom is 0.107 e. The average Bonchev–Trinajstić information content (AvgIpc) is 1.91. The first kappa shape index (κ1) is 16.9. The molecule has 0 amide bonds. The molecule has 17 heavy (non-hydrogen) atoms. The highest BCUT2D eigenvalue weighted by atomic mass is 15.7. The van der Waals surface area contributed by atoms with Crippen LogP contribution >= 0.6 is 0 Å². The Labute approximate surface area is 109 Å². The molecule has 0 spiro atoms. The van der Waals surface area contributed by atoms with Crippen LogP contribution in [0.4, 0.5) is 0 Å². The van der Waals surface area contributed by atoms with E-state index in [1.807, 2.05) is 0 Å². The third-order valence-electron chi connectivity index (χ3n) is 2.90. The molecule has 0 aromatic carbocycles. The number of nitrogens with one attached hydrogen (secondary N) is 1. The predicted molar refractivity (Wildman–Crippen MR) is 77.2 cm³/mol. The van der Waals surface area contributed by atoms with E-state index in [1.165, 1.54) is 0 Å². The van der Waals surface area contributed by atoms with Gasteiger partial charge in [-0.25, -0.2) is 5.01 Å². The number of quaternary nitrogens is 1. The van der Waals surface area contributed by atoms with Gasteiger partial charge in [0, 0.05) is 0 Å². The summed E-state index contributed by atoms with van der Waals surface area (Å²) in [6, 6.07) is 0.531. The van der Waals surface area contributed by atoms with Crippen molar-refractivity contribution in [3.63, 3.8) is 0 Å². The molecule has 0 saturated heterocycles. The van der Waals surface area contributed by atoms with Crippen molar-refractivity contribution in [1.29, 1.82) is 0 Å². The fourth-order valence-corrected chi connectivity index (χ4v) is 3.22. The quantitative estimate of drug-likeness (QED) is 0.733. The van der Waals surface area contributed by atoms with E-state index >= 15 is 0 Å². The Kier molecular flexibility index (Phi) is 4.87. The zero-order chi connectivity index (χ0) is 14.2. The third-order valence-corrected chi connectivity index (χ3v) is 2.90. The van der Waals surface area contributed by atoms with Crippen LogP contribution in [0.15, 0.2) is 0 Å². The van der Waals surface area contributed by atoms with E-state index in [0.717, 1.165) is 0 Å². The van der Waals surface area contributed by atoms with Gasteiger partial charge in [-0.05, 0) is 76.2 Å². The zero-order valence-corrected chi connectivity index (χ0v) is 14.0. The molecule has 2 heteroatoms. The molecule has 0 aliphatic heterocycles.